The molecule has 1 unspecified atom stereocenters. The van der Waals surface area contributed by atoms with Gasteiger partial charge in [-0.15, -0.1) is 0 Å². The van der Waals surface area contributed by atoms with Crippen molar-refractivity contribution in [2.45, 2.75) is 25.3 Å². The zero-order chi connectivity index (χ0) is 12.1. The molecule has 17 heavy (non-hydrogen) atoms. The predicted octanol–water partition coefficient (Wildman–Crippen LogP) is 1.32. The summed E-state index contributed by atoms with van der Waals surface area (Å²) in [5, 5.41) is 0. The molecular weight excluding hydrogens is 212 g/mol. The number of rotatable bonds is 5. The minimum absolute atomic E-state index is 0.157. The number of aromatic nitrogens is 3. The van der Waals surface area contributed by atoms with Crippen LogP contribution in [0.5, 0.6) is 0 Å². The Morgan fingerprint density at radius 3 is 2.71 bits per heavy atom. The molecule has 0 aliphatic heterocycles. The van der Waals surface area contributed by atoms with Crippen LogP contribution in [0.2, 0.25) is 0 Å². The Labute approximate surface area is 102 Å². The lowest BCUT2D eigenvalue weighted by molar-refractivity contribution is 0.581. The Kier molecular flexibility index (Phi) is 3.88. The van der Waals surface area contributed by atoms with Gasteiger partial charge >= 0.3 is 0 Å². The fraction of sp³-hybridized carbons (Fsp3) is 0.385. The van der Waals surface area contributed by atoms with Crippen LogP contribution in [0.25, 0.3) is 0 Å². The summed E-state index contributed by atoms with van der Waals surface area (Å²) in [4.78, 5) is 8.28. The molecule has 0 amide bonds. The van der Waals surface area contributed by atoms with E-state index in [-0.39, 0.29) is 6.04 Å². The van der Waals surface area contributed by atoms with Gasteiger partial charge in [0.2, 0.25) is 0 Å². The minimum atomic E-state index is 0.157. The molecule has 0 spiro atoms. The van der Waals surface area contributed by atoms with Gasteiger partial charge in [-0.1, -0.05) is 0 Å². The van der Waals surface area contributed by atoms with E-state index in [0.717, 1.165) is 25.1 Å². The highest BCUT2D eigenvalue weighted by atomic mass is 15.0. The number of nitrogens with two attached hydrogens (primary N) is 1. The summed E-state index contributed by atoms with van der Waals surface area (Å²) >= 11 is 0. The van der Waals surface area contributed by atoms with Gasteiger partial charge < -0.3 is 10.3 Å². The fourth-order valence-corrected chi connectivity index (χ4v) is 1.83. The van der Waals surface area contributed by atoms with Crippen molar-refractivity contribution in [2.75, 3.05) is 0 Å². The summed E-state index contributed by atoms with van der Waals surface area (Å²) in [6.45, 7) is 0. The monoisotopic (exact) mass is 230 g/mol. The van der Waals surface area contributed by atoms with Gasteiger partial charge in [0.15, 0.2) is 0 Å². The Bertz CT molecular complexity index is 449. The highest BCUT2D eigenvalue weighted by molar-refractivity contribution is 5.10. The third-order valence-electron chi connectivity index (χ3n) is 2.92. The van der Waals surface area contributed by atoms with Crippen molar-refractivity contribution >= 4 is 0 Å². The Morgan fingerprint density at radius 1 is 1.29 bits per heavy atom. The Balaban J connectivity index is 1.82. The molecule has 2 rings (SSSR count). The molecule has 90 valence electrons. The summed E-state index contributed by atoms with van der Waals surface area (Å²) in [6.07, 6.45) is 10.2. The first-order valence-corrected chi connectivity index (χ1v) is 5.86. The van der Waals surface area contributed by atoms with Crippen LogP contribution in [0.3, 0.4) is 0 Å². The van der Waals surface area contributed by atoms with Crippen LogP contribution in [0.4, 0.5) is 0 Å². The maximum absolute atomic E-state index is 6.11. The van der Waals surface area contributed by atoms with Crippen molar-refractivity contribution in [3.63, 3.8) is 0 Å². The van der Waals surface area contributed by atoms with Crippen molar-refractivity contribution in [1.29, 1.82) is 0 Å². The maximum Gasteiger partial charge on any atom is 0.109 e. The third kappa shape index (κ3) is 3.39. The van der Waals surface area contributed by atoms with E-state index in [1.165, 1.54) is 5.56 Å². The van der Waals surface area contributed by atoms with E-state index in [1.54, 1.807) is 0 Å². The zero-order valence-electron chi connectivity index (χ0n) is 10.1. The average Bonchev–Trinajstić information content (AvgIpc) is 2.74. The largest absolute Gasteiger partial charge is 0.338 e. The summed E-state index contributed by atoms with van der Waals surface area (Å²) in [5.41, 5.74) is 7.40. The van der Waals surface area contributed by atoms with Gasteiger partial charge in [-0.3, -0.25) is 4.98 Å². The highest BCUT2D eigenvalue weighted by Gasteiger charge is 2.07. The first-order chi connectivity index (χ1) is 8.25. The molecule has 1 atom stereocenters. The molecule has 2 aromatic heterocycles. The lowest BCUT2D eigenvalue weighted by Gasteiger charge is -2.11. The number of hydrogen-bond acceptors (Lipinski definition) is 3. The lowest BCUT2D eigenvalue weighted by atomic mass is 10.0. The van der Waals surface area contributed by atoms with Gasteiger partial charge in [-0.2, -0.15) is 0 Å². The molecule has 0 bridgehead atoms. The van der Waals surface area contributed by atoms with Gasteiger partial charge in [-0.25, -0.2) is 4.98 Å². The van der Waals surface area contributed by atoms with Crippen LogP contribution < -0.4 is 5.73 Å². The van der Waals surface area contributed by atoms with Gasteiger partial charge in [0.1, 0.15) is 5.82 Å². The van der Waals surface area contributed by atoms with Crippen LogP contribution in [0.1, 0.15) is 17.8 Å². The summed E-state index contributed by atoms with van der Waals surface area (Å²) in [5.74, 6) is 1.05. The molecule has 0 saturated carbocycles. The fourth-order valence-electron chi connectivity index (χ4n) is 1.83. The Morgan fingerprint density at radius 2 is 2.06 bits per heavy atom. The van der Waals surface area contributed by atoms with E-state index in [1.807, 2.05) is 48.5 Å². The van der Waals surface area contributed by atoms with Crippen LogP contribution in [-0.4, -0.2) is 20.6 Å². The molecule has 4 nitrogen and oxygen atoms in total. The molecule has 0 radical (unpaired) electrons. The van der Waals surface area contributed by atoms with Crippen molar-refractivity contribution in [2.24, 2.45) is 12.8 Å². The second-order valence-corrected chi connectivity index (χ2v) is 4.31. The number of imidazole rings is 1. The molecule has 2 aromatic rings. The van der Waals surface area contributed by atoms with Crippen LogP contribution in [0.15, 0.2) is 36.9 Å². The molecule has 0 saturated heterocycles. The van der Waals surface area contributed by atoms with Gasteiger partial charge in [0, 0.05) is 44.3 Å². The highest BCUT2D eigenvalue weighted by Crippen LogP contribution is 2.06. The molecule has 2 N–H and O–H groups in total. The third-order valence-corrected chi connectivity index (χ3v) is 2.92. The predicted molar refractivity (Wildman–Crippen MR) is 67.4 cm³/mol. The van der Waals surface area contributed by atoms with Crippen molar-refractivity contribution in [3.8, 4) is 0 Å². The van der Waals surface area contributed by atoms with E-state index >= 15 is 0 Å². The second kappa shape index (κ2) is 5.59. The number of hydrogen-bond donors (Lipinski definition) is 1. The maximum atomic E-state index is 6.11. The first kappa shape index (κ1) is 11.8. The summed E-state index contributed by atoms with van der Waals surface area (Å²) in [6, 6.07) is 4.23. The first-order valence-electron chi connectivity index (χ1n) is 5.86. The standard InChI is InChI=1S/C13H18N4/c1-17-9-8-16-13(17)10-12(14)3-2-11-4-6-15-7-5-11/h4-9,12H,2-3,10,14H2,1H3. The van der Waals surface area contributed by atoms with E-state index < -0.39 is 0 Å². The molecule has 0 aromatic carbocycles. The van der Waals surface area contributed by atoms with E-state index in [0.29, 0.717) is 0 Å². The van der Waals surface area contributed by atoms with E-state index in [4.69, 9.17) is 5.73 Å². The van der Waals surface area contributed by atoms with Gasteiger partial charge in [0.25, 0.3) is 0 Å². The average molecular weight is 230 g/mol. The second-order valence-electron chi connectivity index (χ2n) is 4.31. The summed E-state index contributed by atoms with van der Waals surface area (Å²) in [7, 11) is 2.00. The van der Waals surface area contributed by atoms with Crippen molar-refractivity contribution in [1.82, 2.24) is 14.5 Å². The van der Waals surface area contributed by atoms with Gasteiger partial charge in [0.05, 0.1) is 0 Å². The number of aryl methyl sites for hydroxylation is 2. The minimum Gasteiger partial charge on any atom is -0.338 e. The Hall–Kier alpha value is -1.68. The van der Waals surface area contributed by atoms with Crippen LogP contribution in [-0.2, 0) is 19.9 Å². The van der Waals surface area contributed by atoms with E-state index in [2.05, 4.69) is 9.97 Å². The molecular formula is C13H18N4. The van der Waals surface area contributed by atoms with Crippen molar-refractivity contribution < 1.29 is 0 Å². The van der Waals surface area contributed by atoms with Crippen LogP contribution in [0, 0.1) is 0 Å². The number of nitrogens with zero attached hydrogens (tertiary/aromatic N) is 3. The SMILES string of the molecule is Cn1ccnc1CC(N)CCc1ccncc1. The molecule has 0 fully saturated rings. The molecule has 2 heterocycles. The van der Waals surface area contributed by atoms with Crippen molar-refractivity contribution in [3.05, 3.63) is 48.3 Å². The normalized spacial score (nSPS) is 12.6. The molecule has 0 aliphatic carbocycles. The van der Waals surface area contributed by atoms with Crippen LogP contribution >= 0.6 is 0 Å². The smallest absolute Gasteiger partial charge is 0.109 e. The quantitative estimate of drug-likeness (QED) is 0.842. The molecule has 4 heteroatoms. The number of pyridine rings is 1. The lowest BCUT2D eigenvalue weighted by Crippen LogP contribution is -2.25. The zero-order valence-corrected chi connectivity index (χ0v) is 10.1. The molecule has 0 aliphatic rings. The van der Waals surface area contributed by atoms with Gasteiger partial charge in [-0.05, 0) is 30.5 Å². The van der Waals surface area contributed by atoms with E-state index in [9.17, 15) is 0 Å². The summed E-state index contributed by atoms with van der Waals surface area (Å²) < 4.78 is 2.02. The topological polar surface area (TPSA) is 56.7 Å².